The summed E-state index contributed by atoms with van der Waals surface area (Å²) in [6, 6.07) is 6.75. The molecule has 1 atom stereocenters. The average Bonchev–Trinajstić information content (AvgIpc) is 2.61. The molecule has 5 heteroatoms. The minimum absolute atomic E-state index is 0.0600. The first-order valence-electron chi connectivity index (χ1n) is 8.50. The first-order chi connectivity index (χ1) is 11.9. The summed E-state index contributed by atoms with van der Waals surface area (Å²) < 4.78 is 0. The van der Waals surface area contributed by atoms with Crippen LogP contribution in [-0.4, -0.2) is 17.5 Å². The Hall–Kier alpha value is -2.69. The Morgan fingerprint density at radius 1 is 1.28 bits per heavy atom. The zero-order valence-corrected chi connectivity index (χ0v) is 15.1. The van der Waals surface area contributed by atoms with Gasteiger partial charge in [0.25, 0.3) is 5.91 Å². The third-order valence-corrected chi connectivity index (χ3v) is 4.34. The van der Waals surface area contributed by atoms with E-state index >= 15 is 0 Å². The van der Waals surface area contributed by atoms with E-state index in [2.05, 4.69) is 28.5 Å². The van der Waals surface area contributed by atoms with Crippen molar-refractivity contribution in [2.45, 2.75) is 40.0 Å². The summed E-state index contributed by atoms with van der Waals surface area (Å²) in [5, 5.41) is 7.04. The number of anilines is 1. The summed E-state index contributed by atoms with van der Waals surface area (Å²) in [7, 11) is 0. The van der Waals surface area contributed by atoms with Crippen LogP contribution in [0.25, 0.3) is 0 Å². The molecule has 1 aliphatic rings. The maximum Gasteiger partial charge on any atom is 0.271 e. The first-order valence-corrected chi connectivity index (χ1v) is 8.50. The van der Waals surface area contributed by atoms with Crippen LogP contribution >= 0.6 is 0 Å². The van der Waals surface area contributed by atoms with Crippen LogP contribution in [0.1, 0.15) is 50.4 Å². The van der Waals surface area contributed by atoms with Gasteiger partial charge in [0.05, 0.1) is 5.71 Å². The second-order valence-corrected chi connectivity index (χ2v) is 6.35. The van der Waals surface area contributed by atoms with E-state index in [4.69, 9.17) is 0 Å². The molecule has 0 bridgehead atoms. The van der Waals surface area contributed by atoms with E-state index in [0.717, 1.165) is 29.7 Å². The average molecular weight is 339 g/mol. The maximum atomic E-state index is 12.3. The molecule has 2 amide bonds. The molecule has 25 heavy (non-hydrogen) atoms. The zero-order valence-electron chi connectivity index (χ0n) is 15.1. The lowest BCUT2D eigenvalue weighted by Gasteiger charge is -2.22. The number of carbonyl (C=O) groups is 2. The van der Waals surface area contributed by atoms with Crippen LogP contribution in [-0.2, 0) is 4.79 Å². The van der Waals surface area contributed by atoms with Gasteiger partial charge in [0.2, 0.25) is 5.91 Å². The van der Waals surface area contributed by atoms with Crippen LogP contribution in [0, 0.1) is 5.92 Å². The molecule has 0 spiro atoms. The molecule has 2 rings (SSSR count). The summed E-state index contributed by atoms with van der Waals surface area (Å²) in [6.45, 7) is 9.83. The number of rotatable bonds is 5. The van der Waals surface area contributed by atoms with Gasteiger partial charge in [-0.2, -0.15) is 5.10 Å². The van der Waals surface area contributed by atoms with Gasteiger partial charge in [-0.25, -0.2) is 5.43 Å². The van der Waals surface area contributed by atoms with Crippen molar-refractivity contribution < 1.29 is 9.59 Å². The van der Waals surface area contributed by atoms with Crippen molar-refractivity contribution in [3.05, 3.63) is 53.6 Å². The Morgan fingerprint density at radius 3 is 2.56 bits per heavy atom. The topological polar surface area (TPSA) is 70.6 Å². The van der Waals surface area contributed by atoms with Crippen molar-refractivity contribution in [3.63, 3.8) is 0 Å². The van der Waals surface area contributed by atoms with Gasteiger partial charge in [-0.3, -0.25) is 9.59 Å². The molecule has 0 aromatic heterocycles. The lowest BCUT2D eigenvalue weighted by molar-refractivity contribution is -0.115. The molecule has 2 N–H and O–H groups in total. The Kier molecular flexibility index (Phi) is 6.28. The number of hydrogen-bond donors (Lipinski definition) is 2. The fourth-order valence-electron chi connectivity index (χ4n) is 2.56. The van der Waals surface area contributed by atoms with E-state index in [0.29, 0.717) is 23.6 Å². The predicted molar refractivity (Wildman–Crippen MR) is 102 cm³/mol. The number of allylic oxidation sites excluding steroid dienone is 3. The van der Waals surface area contributed by atoms with Crippen molar-refractivity contribution in [1.82, 2.24) is 5.43 Å². The Morgan fingerprint density at radius 2 is 1.96 bits per heavy atom. The quantitative estimate of drug-likeness (QED) is 0.627. The molecule has 1 aliphatic carbocycles. The number of amides is 2. The molecule has 0 saturated carbocycles. The number of nitrogens with one attached hydrogen (secondary N) is 2. The number of benzene rings is 1. The van der Waals surface area contributed by atoms with Crippen LogP contribution < -0.4 is 10.7 Å². The predicted octanol–water partition coefficient (Wildman–Crippen LogP) is 4.05. The second kappa shape index (κ2) is 8.42. The van der Waals surface area contributed by atoms with E-state index in [-0.39, 0.29) is 11.8 Å². The van der Waals surface area contributed by atoms with Gasteiger partial charge in [-0.15, -0.1) is 0 Å². The molecular formula is C20H25N3O2. The number of nitrogens with zero attached hydrogens (tertiary/aromatic N) is 1. The summed E-state index contributed by atoms with van der Waals surface area (Å²) in [5.74, 6) is 0.0437. The Bertz CT molecular complexity index is 730. The summed E-state index contributed by atoms with van der Waals surface area (Å²) in [4.78, 5) is 23.6. The Labute approximate surface area is 148 Å². The highest BCUT2D eigenvalue weighted by Crippen LogP contribution is 2.26. The van der Waals surface area contributed by atoms with Gasteiger partial charge in [0.1, 0.15) is 0 Å². The SMILES string of the molecule is C=C(C)[C@@H]1CC=C(C)C(=NNC(=O)c2ccc(NC(=O)CC)cc2)C1. The summed E-state index contributed by atoms with van der Waals surface area (Å²) >= 11 is 0. The second-order valence-electron chi connectivity index (χ2n) is 6.35. The van der Waals surface area contributed by atoms with Gasteiger partial charge in [-0.1, -0.05) is 25.2 Å². The van der Waals surface area contributed by atoms with Crippen molar-refractivity contribution in [2.75, 3.05) is 5.32 Å². The number of hydrazone groups is 1. The first kappa shape index (κ1) is 18.6. The van der Waals surface area contributed by atoms with E-state index in [1.165, 1.54) is 0 Å². The van der Waals surface area contributed by atoms with E-state index in [1.54, 1.807) is 31.2 Å². The smallest absolute Gasteiger partial charge is 0.271 e. The van der Waals surface area contributed by atoms with E-state index < -0.39 is 0 Å². The minimum Gasteiger partial charge on any atom is -0.326 e. The monoisotopic (exact) mass is 339 g/mol. The molecule has 132 valence electrons. The zero-order chi connectivity index (χ0) is 18.4. The highest BCUT2D eigenvalue weighted by Gasteiger charge is 2.19. The fraction of sp³-hybridized carbons (Fsp3) is 0.350. The van der Waals surface area contributed by atoms with Gasteiger partial charge < -0.3 is 5.32 Å². The van der Waals surface area contributed by atoms with Crippen molar-refractivity contribution in [1.29, 1.82) is 0 Å². The molecule has 0 saturated heterocycles. The third-order valence-electron chi connectivity index (χ3n) is 4.34. The summed E-state index contributed by atoms with van der Waals surface area (Å²) in [5.41, 5.74) is 6.90. The third kappa shape index (κ3) is 5.14. The van der Waals surface area contributed by atoms with Crippen LogP contribution in [0.3, 0.4) is 0 Å². The van der Waals surface area contributed by atoms with Gasteiger partial charge >= 0.3 is 0 Å². The van der Waals surface area contributed by atoms with E-state index in [9.17, 15) is 9.59 Å². The largest absolute Gasteiger partial charge is 0.326 e. The maximum absolute atomic E-state index is 12.3. The molecule has 5 nitrogen and oxygen atoms in total. The molecular weight excluding hydrogens is 314 g/mol. The van der Waals surface area contributed by atoms with Crippen LogP contribution in [0.15, 0.2) is 53.2 Å². The normalized spacial score (nSPS) is 18.4. The lowest BCUT2D eigenvalue weighted by Crippen LogP contribution is -2.23. The molecule has 0 heterocycles. The highest BCUT2D eigenvalue weighted by atomic mass is 16.2. The van der Waals surface area contributed by atoms with Crippen LogP contribution in [0.5, 0.6) is 0 Å². The van der Waals surface area contributed by atoms with Crippen molar-refractivity contribution >= 4 is 23.2 Å². The minimum atomic E-state index is -0.272. The van der Waals surface area contributed by atoms with Crippen molar-refractivity contribution in [2.24, 2.45) is 11.0 Å². The standard InChI is InChI=1S/C20H25N3O2/c1-5-19(24)21-17-10-8-15(9-11-17)20(25)23-22-18-12-16(13(2)3)7-6-14(18)4/h6,8-11,16H,2,5,7,12H2,1,3-4H3,(H,21,24)(H,23,25)/t16-/m1/s1. The Balaban J connectivity index is 2.01. The van der Waals surface area contributed by atoms with Crippen LogP contribution in [0.4, 0.5) is 5.69 Å². The molecule has 0 radical (unpaired) electrons. The van der Waals surface area contributed by atoms with Gasteiger partial charge in [0, 0.05) is 17.7 Å². The number of hydrogen-bond acceptors (Lipinski definition) is 3. The van der Waals surface area contributed by atoms with E-state index in [1.807, 2.05) is 13.8 Å². The van der Waals surface area contributed by atoms with Crippen molar-refractivity contribution in [3.8, 4) is 0 Å². The molecule has 0 aliphatic heterocycles. The van der Waals surface area contributed by atoms with Gasteiger partial charge in [-0.05, 0) is 62.4 Å². The number of carbonyl (C=O) groups excluding carboxylic acids is 2. The summed E-state index contributed by atoms with van der Waals surface area (Å²) in [6.07, 6.45) is 4.32. The molecule has 1 aromatic carbocycles. The highest BCUT2D eigenvalue weighted by molar-refractivity contribution is 6.02. The fourth-order valence-corrected chi connectivity index (χ4v) is 2.56. The molecule has 1 aromatic rings. The molecule has 0 unspecified atom stereocenters. The van der Waals surface area contributed by atoms with Crippen LogP contribution in [0.2, 0.25) is 0 Å². The van der Waals surface area contributed by atoms with Gasteiger partial charge in [0.15, 0.2) is 0 Å². The lowest BCUT2D eigenvalue weighted by atomic mass is 9.85. The molecule has 0 fully saturated rings.